The third kappa shape index (κ3) is 3.80. The maximum atomic E-state index is 6.05. The van der Waals surface area contributed by atoms with E-state index in [4.69, 9.17) is 9.84 Å². The van der Waals surface area contributed by atoms with Gasteiger partial charge in [-0.1, -0.05) is 55.5 Å². The minimum absolute atomic E-state index is 0.540. The molecule has 0 aliphatic heterocycles. The quantitative estimate of drug-likeness (QED) is 0.299. The second-order valence-electron chi connectivity index (χ2n) is 8.61. The average molecular weight is 435 g/mol. The van der Waals surface area contributed by atoms with Crippen molar-refractivity contribution in [2.45, 2.75) is 38.8 Å². The van der Waals surface area contributed by atoms with Crippen LogP contribution in [0.15, 0.2) is 85.1 Å². The SMILES string of the molecule is CCc1nn(C2CC2)c2cc(-c3ccnn3-c3cccc(OCc4ccccc4)c3)ccc12. The third-order valence-corrected chi connectivity index (χ3v) is 6.26. The third-order valence-electron chi connectivity index (χ3n) is 6.26. The lowest BCUT2D eigenvalue weighted by molar-refractivity contribution is 0.306. The summed E-state index contributed by atoms with van der Waals surface area (Å²) in [5, 5.41) is 10.8. The molecule has 0 unspecified atom stereocenters. The summed E-state index contributed by atoms with van der Waals surface area (Å²) in [6, 6.07) is 27.6. The Hall–Kier alpha value is -3.86. The van der Waals surface area contributed by atoms with Gasteiger partial charge in [0.25, 0.3) is 0 Å². The van der Waals surface area contributed by atoms with Crippen molar-refractivity contribution in [1.29, 1.82) is 0 Å². The van der Waals surface area contributed by atoms with E-state index in [9.17, 15) is 0 Å². The van der Waals surface area contributed by atoms with Gasteiger partial charge in [0.2, 0.25) is 0 Å². The molecule has 0 N–H and O–H groups in total. The van der Waals surface area contributed by atoms with Gasteiger partial charge in [-0.2, -0.15) is 10.2 Å². The van der Waals surface area contributed by atoms with Crippen molar-refractivity contribution >= 4 is 10.9 Å². The van der Waals surface area contributed by atoms with Crippen LogP contribution in [-0.4, -0.2) is 19.6 Å². The van der Waals surface area contributed by atoms with Crippen LogP contribution in [0.2, 0.25) is 0 Å². The summed E-state index contributed by atoms with van der Waals surface area (Å²) in [6.07, 6.45) is 5.24. The summed E-state index contributed by atoms with van der Waals surface area (Å²) in [4.78, 5) is 0. The Bertz CT molecular complexity index is 1410. The van der Waals surface area contributed by atoms with Crippen LogP contribution >= 0.6 is 0 Å². The van der Waals surface area contributed by atoms with Crippen LogP contribution in [0.5, 0.6) is 5.75 Å². The van der Waals surface area contributed by atoms with E-state index in [0.29, 0.717) is 12.6 Å². The van der Waals surface area contributed by atoms with Crippen LogP contribution < -0.4 is 4.74 Å². The molecule has 1 aliphatic rings. The minimum Gasteiger partial charge on any atom is -0.489 e. The molecule has 0 amide bonds. The zero-order valence-corrected chi connectivity index (χ0v) is 18.7. The van der Waals surface area contributed by atoms with Crippen molar-refractivity contribution < 1.29 is 4.74 Å². The molecule has 5 heteroatoms. The summed E-state index contributed by atoms with van der Waals surface area (Å²) < 4.78 is 10.3. The number of fused-ring (bicyclic) bond motifs is 1. The number of nitrogens with zero attached hydrogens (tertiary/aromatic N) is 4. The molecule has 2 heterocycles. The number of hydrogen-bond acceptors (Lipinski definition) is 3. The number of aryl methyl sites for hydroxylation is 1. The first-order valence-electron chi connectivity index (χ1n) is 11.6. The molecule has 0 radical (unpaired) electrons. The van der Waals surface area contributed by atoms with E-state index in [-0.39, 0.29) is 0 Å². The van der Waals surface area contributed by atoms with E-state index in [1.165, 1.54) is 29.4 Å². The van der Waals surface area contributed by atoms with Gasteiger partial charge >= 0.3 is 0 Å². The van der Waals surface area contributed by atoms with Crippen molar-refractivity contribution in [3.05, 3.63) is 96.3 Å². The van der Waals surface area contributed by atoms with Gasteiger partial charge in [0.05, 0.1) is 34.8 Å². The Morgan fingerprint density at radius 3 is 2.64 bits per heavy atom. The van der Waals surface area contributed by atoms with Crippen LogP contribution in [-0.2, 0) is 13.0 Å². The van der Waals surface area contributed by atoms with Crippen LogP contribution in [0.4, 0.5) is 0 Å². The highest BCUT2D eigenvalue weighted by molar-refractivity contribution is 5.87. The van der Waals surface area contributed by atoms with Crippen LogP contribution in [0.1, 0.15) is 37.1 Å². The maximum Gasteiger partial charge on any atom is 0.121 e. The van der Waals surface area contributed by atoms with Crippen LogP contribution in [0.25, 0.3) is 27.8 Å². The molecule has 6 rings (SSSR count). The van der Waals surface area contributed by atoms with Gasteiger partial charge < -0.3 is 4.74 Å². The van der Waals surface area contributed by atoms with E-state index in [2.05, 4.69) is 59.2 Å². The second kappa shape index (κ2) is 8.24. The summed E-state index contributed by atoms with van der Waals surface area (Å²) >= 11 is 0. The van der Waals surface area contributed by atoms with Crippen molar-refractivity contribution in [3.8, 4) is 22.7 Å². The lowest BCUT2D eigenvalue weighted by Crippen LogP contribution is -2.01. The molecule has 0 spiro atoms. The Kier molecular flexibility index (Phi) is 4.95. The molecule has 1 aliphatic carbocycles. The molecule has 3 aromatic carbocycles. The minimum atomic E-state index is 0.540. The zero-order valence-electron chi connectivity index (χ0n) is 18.7. The first-order chi connectivity index (χ1) is 16.3. The second-order valence-corrected chi connectivity index (χ2v) is 8.61. The van der Waals surface area contributed by atoms with E-state index < -0.39 is 0 Å². The first kappa shape index (κ1) is 19.8. The van der Waals surface area contributed by atoms with E-state index >= 15 is 0 Å². The molecule has 5 aromatic rings. The molecule has 164 valence electrons. The van der Waals surface area contributed by atoms with Crippen molar-refractivity contribution in [2.24, 2.45) is 0 Å². The standard InChI is InChI=1S/C28H26N4O/c1-2-26-25-14-11-21(17-28(25)32(30-26)22-12-13-22)27-15-16-29-31(27)23-9-6-10-24(18-23)33-19-20-7-4-3-5-8-20/h3-11,14-18,22H,2,12-13,19H2,1H3. The number of benzene rings is 3. The smallest absolute Gasteiger partial charge is 0.121 e. The molecule has 0 bridgehead atoms. The average Bonchev–Trinajstić information content (AvgIpc) is 3.47. The van der Waals surface area contributed by atoms with E-state index in [1.54, 1.807) is 0 Å². The molecule has 2 aromatic heterocycles. The topological polar surface area (TPSA) is 44.9 Å². The monoisotopic (exact) mass is 434 g/mol. The van der Waals surface area contributed by atoms with Gasteiger partial charge in [-0.05, 0) is 49.1 Å². The molecule has 0 saturated heterocycles. The van der Waals surface area contributed by atoms with Gasteiger partial charge in [-0.25, -0.2) is 4.68 Å². The highest BCUT2D eigenvalue weighted by atomic mass is 16.5. The Morgan fingerprint density at radius 2 is 1.82 bits per heavy atom. The summed E-state index contributed by atoms with van der Waals surface area (Å²) in [5.41, 5.74) is 6.72. The molecule has 1 saturated carbocycles. The highest BCUT2D eigenvalue weighted by Gasteiger charge is 2.27. The number of rotatable bonds is 7. The molecule has 33 heavy (non-hydrogen) atoms. The van der Waals surface area contributed by atoms with Crippen molar-refractivity contribution in [3.63, 3.8) is 0 Å². The van der Waals surface area contributed by atoms with Crippen LogP contribution in [0, 0.1) is 0 Å². The number of hydrogen-bond donors (Lipinski definition) is 0. The molecule has 5 nitrogen and oxygen atoms in total. The van der Waals surface area contributed by atoms with Gasteiger partial charge in [0, 0.05) is 17.0 Å². The largest absolute Gasteiger partial charge is 0.489 e. The van der Waals surface area contributed by atoms with Gasteiger partial charge in [0.15, 0.2) is 0 Å². The Labute approximate surface area is 193 Å². The van der Waals surface area contributed by atoms with E-state index in [0.717, 1.165) is 34.7 Å². The molecular formula is C28H26N4O. The van der Waals surface area contributed by atoms with Crippen molar-refractivity contribution in [2.75, 3.05) is 0 Å². The number of ether oxygens (including phenoxy) is 1. The van der Waals surface area contributed by atoms with E-state index in [1.807, 2.05) is 47.3 Å². The Morgan fingerprint density at radius 1 is 0.939 bits per heavy atom. The normalized spacial score (nSPS) is 13.5. The summed E-state index contributed by atoms with van der Waals surface area (Å²) in [5.74, 6) is 0.827. The predicted molar refractivity (Wildman–Crippen MR) is 131 cm³/mol. The fourth-order valence-electron chi connectivity index (χ4n) is 4.39. The maximum absolute atomic E-state index is 6.05. The lowest BCUT2D eigenvalue weighted by atomic mass is 10.1. The fourth-order valence-corrected chi connectivity index (χ4v) is 4.39. The molecule has 1 fully saturated rings. The summed E-state index contributed by atoms with van der Waals surface area (Å²) in [7, 11) is 0. The Balaban J connectivity index is 1.33. The summed E-state index contributed by atoms with van der Waals surface area (Å²) in [6.45, 7) is 2.71. The predicted octanol–water partition coefficient (Wildman–Crippen LogP) is 6.37. The molecular weight excluding hydrogens is 408 g/mol. The zero-order chi connectivity index (χ0) is 22.2. The van der Waals surface area contributed by atoms with Crippen LogP contribution in [0.3, 0.4) is 0 Å². The fraction of sp³-hybridized carbons (Fsp3) is 0.214. The van der Waals surface area contributed by atoms with Gasteiger partial charge in [0.1, 0.15) is 12.4 Å². The highest BCUT2D eigenvalue weighted by Crippen LogP contribution is 2.38. The van der Waals surface area contributed by atoms with Gasteiger partial charge in [-0.3, -0.25) is 4.68 Å². The lowest BCUT2D eigenvalue weighted by Gasteiger charge is -2.11. The van der Waals surface area contributed by atoms with Crippen molar-refractivity contribution in [1.82, 2.24) is 19.6 Å². The first-order valence-corrected chi connectivity index (χ1v) is 11.6. The molecule has 0 atom stereocenters. The number of aromatic nitrogens is 4. The van der Waals surface area contributed by atoms with Gasteiger partial charge in [-0.15, -0.1) is 0 Å².